The van der Waals surface area contributed by atoms with Crippen LogP contribution in [0.1, 0.15) is 25.3 Å². The molecule has 0 aliphatic heterocycles. The van der Waals surface area contributed by atoms with E-state index in [2.05, 4.69) is 5.32 Å². The van der Waals surface area contributed by atoms with E-state index in [1.165, 1.54) is 6.07 Å². The van der Waals surface area contributed by atoms with Crippen molar-refractivity contribution in [1.82, 2.24) is 0 Å². The van der Waals surface area contributed by atoms with Crippen LogP contribution in [-0.4, -0.2) is 7.05 Å². The summed E-state index contributed by atoms with van der Waals surface area (Å²) >= 11 is 5.88. The van der Waals surface area contributed by atoms with E-state index in [4.69, 9.17) is 11.6 Å². The molecular weight excluding hydrogens is 189 g/mol. The van der Waals surface area contributed by atoms with Gasteiger partial charge in [-0.05, 0) is 23.6 Å². The fraction of sp³-hybridized carbons (Fsp3) is 0.400. The molecule has 0 heterocycles. The third-order valence-corrected chi connectivity index (χ3v) is 2.28. The summed E-state index contributed by atoms with van der Waals surface area (Å²) in [5.74, 6) is -0.00314. The van der Waals surface area contributed by atoms with Crippen molar-refractivity contribution in [2.45, 2.75) is 19.8 Å². The van der Waals surface area contributed by atoms with E-state index in [9.17, 15) is 4.39 Å². The highest BCUT2D eigenvalue weighted by Gasteiger charge is 2.09. The minimum Gasteiger partial charge on any atom is -0.385 e. The third-order valence-electron chi connectivity index (χ3n) is 1.98. The molecule has 13 heavy (non-hydrogen) atoms. The van der Waals surface area contributed by atoms with Gasteiger partial charge in [0.2, 0.25) is 0 Å². The molecular formula is C10H13ClFN. The molecule has 3 heteroatoms. The lowest BCUT2D eigenvalue weighted by Crippen LogP contribution is -1.97. The molecule has 0 atom stereocenters. The van der Waals surface area contributed by atoms with Crippen LogP contribution in [-0.2, 0) is 0 Å². The van der Waals surface area contributed by atoms with Gasteiger partial charge in [0.05, 0.1) is 10.7 Å². The van der Waals surface area contributed by atoms with Crippen molar-refractivity contribution >= 4 is 17.3 Å². The predicted molar refractivity (Wildman–Crippen MR) is 55.0 cm³/mol. The van der Waals surface area contributed by atoms with Crippen LogP contribution in [0.3, 0.4) is 0 Å². The summed E-state index contributed by atoms with van der Waals surface area (Å²) in [6, 6.07) is 3.31. The van der Waals surface area contributed by atoms with Crippen LogP contribution < -0.4 is 5.32 Å². The standard InChI is InChI=1S/C10H13ClFN/c1-6(2)7-4-8(11)10(13-3)9(12)5-7/h4-6,13H,1-3H3. The lowest BCUT2D eigenvalue weighted by molar-refractivity contribution is 0.627. The third kappa shape index (κ3) is 2.13. The first-order valence-electron chi connectivity index (χ1n) is 4.23. The summed E-state index contributed by atoms with van der Waals surface area (Å²) in [5, 5.41) is 3.16. The fourth-order valence-corrected chi connectivity index (χ4v) is 1.48. The first-order valence-corrected chi connectivity index (χ1v) is 4.60. The van der Waals surface area contributed by atoms with Gasteiger partial charge in [-0.15, -0.1) is 0 Å². The maximum absolute atomic E-state index is 13.3. The second-order valence-electron chi connectivity index (χ2n) is 3.26. The van der Waals surface area contributed by atoms with Crippen molar-refractivity contribution in [3.8, 4) is 0 Å². The van der Waals surface area contributed by atoms with Gasteiger partial charge in [0, 0.05) is 7.05 Å². The second-order valence-corrected chi connectivity index (χ2v) is 3.67. The van der Waals surface area contributed by atoms with E-state index < -0.39 is 0 Å². The molecule has 1 nitrogen and oxygen atoms in total. The summed E-state index contributed by atoms with van der Waals surface area (Å²) in [7, 11) is 1.65. The molecule has 0 unspecified atom stereocenters. The van der Waals surface area contributed by atoms with Crippen LogP contribution in [0.5, 0.6) is 0 Å². The van der Waals surface area contributed by atoms with Gasteiger partial charge in [0.1, 0.15) is 5.82 Å². The second kappa shape index (κ2) is 3.97. The highest BCUT2D eigenvalue weighted by molar-refractivity contribution is 6.33. The minimum atomic E-state index is -0.293. The number of rotatable bonds is 2. The van der Waals surface area contributed by atoms with E-state index in [1.54, 1.807) is 13.1 Å². The molecule has 0 saturated heterocycles. The quantitative estimate of drug-likeness (QED) is 0.771. The number of benzene rings is 1. The normalized spacial score (nSPS) is 10.6. The number of halogens is 2. The lowest BCUT2D eigenvalue weighted by atomic mass is 10.0. The molecule has 0 saturated carbocycles. The molecule has 0 radical (unpaired) electrons. The molecule has 0 aliphatic rings. The molecule has 0 spiro atoms. The van der Waals surface area contributed by atoms with Crippen molar-refractivity contribution < 1.29 is 4.39 Å². The van der Waals surface area contributed by atoms with Crippen molar-refractivity contribution in [2.75, 3.05) is 12.4 Å². The summed E-state index contributed by atoms with van der Waals surface area (Å²) < 4.78 is 13.3. The van der Waals surface area contributed by atoms with E-state index in [-0.39, 0.29) is 11.7 Å². The van der Waals surface area contributed by atoms with Gasteiger partial charge < -0.3 is 5.32 Å². The zero-order valence-corrected chi connectivity index (χ0v) is 8.74. The van der Waals surface area contributed by atoms with Gasteiger partial charge in [-0.25, -0.2) is 4.39 Å². The highest BCUT2D eigenvalue weighted by Crippen LogP contribution is 2.29. The van der Waals surface area contributed by atoms with Gasteiger partial charge in [-0.2, -0.15) is 0 Å². The van der Waals surface area contributed by atoms with E-state index >= 15 is 0 Å². The van der Waals surface area contributed by atoms with Crippen LogP contribution in [0.15, 0.2) is 12.1 Å². The fourth-order valence-electron chi connectivity index (χ4n) is 1.16. The SMILES string of the molecule is CNc1c(F)cc(C(C)C)cc1Cl. The summed E-state index contributed by atoms with van der Waals surface area (Å²) in [4.78, 5) is 0. The molecule has 72 valence electrons. The van der Waals surface area contributed by atoms with Gasteiger partial charge in [-0.1, -0.05) is 25.4 Å². The molecule has 1 aromatic carbocycles. The Bertz CT molecular complexity index is 287. The van der Waals surface area contributed by atoms with Gasteiger partial charge in [0.25, 0.3) is 0 Å². The Hall–Kier alpha value is -0.760. The summed E-state index contributed by atoms with van der Waals surface area (Å²) in [6.45, 7) is 4.01. The monoisotopic (exact) mass is 201 g/mol. The van der Waals surface area contributed by atoms with Crippen molar-refractivity contribution in [3.05, 3.63) is 28.5 Å². The Balaban J connectivity index is 3.20. The van der Waals surface area contributed by atoms with Gasteiger partial charge in [0.15, 0.2) is 0 Å². The van der Waals surface area contributed by atoms with E-state index in [1.807, 2.05) is 13.8 Å². The van der Waals surface area contributed by atoms with Crippen LogP contribution in [0, 0.1) is 5.82 Å². The topological polar surface area (TPSA) is 12.0 Å². The Morgan fingerprint density at radius 3 is 2.38 bits per heavy atom. The number of hydrogen-bond acceptors (Lipinski definition) is 1. The minimum absolute atomic E-state index is 0.290. The Morgan fingerprint density at radius 1 is 1.38 bits per heavy atom. The molecule has 0 aromatic heterocycles. The van der Waals surface area contributed by atoms with E-state index in [0.29, 0.717) is 10.7 Å². The van der Waals surface area contributed by atoms with Gasteiger partial charge >= 0.3 is 0 Å². The first kappa shape index (κ1) is 10.3. The van der Waals surface area contributed by atoms with Gasteiger partial charge in [-0.3, -0.25) is 0 Å². The largest absolute Gasteiger partial charge is 0.385 e. The maximum Gasteiger partial charge on any atom is 0.148 e. The summed E-state index contributed by atoms with van der Waals surface area (Å²) in [5.41, 5.74) is 1.28. The molecule has 0 fully saturated rings. The Labute approximate surface area is 82.9 Å². The molecule has 1 N–H and O–H groups in total. The zero-order chi connectivity index (χ0) is 10.0. The predicted octanol–water partition coefficient (Wildman–Crippen LogP) is 3.64. The molecule has 1 aromatic rings. The molecule has 0 amide bonds. The summed E-state index contributed by atoms with van der Waals surface area (Å²) in [6.07, 6.45) is 0. The number of anilines is 1. The van der Waals surface area contributed by atoms with Crippen molar-refractivity contribution in [2.24, 2.45) is 0 Å². The number of nitrogens with one attached hydrogen (secondary N) is 1. The van der Waals surface area contributed by atoms with Crippen molar-refractivity contribution in [3.63, 3.8) is 0 Å². The lowest BCUT2D eigenvalue weighted by Gasteiger charge is -2.10. The smallest absolute Gasteiger partial charge is 0.148 e. The van der Waals surface area contributed by atoms with Crippen molar-refractivity contribution in [1.29, 1.82) is 0 Å². The first-order chi connectivity index (χ1) is 6.06. The number of hydrogen-bond donors (Lipinski definition) is 1. The molecule has 1 rings (SSSR count). The van der Waals surface area contributed by atoms with Crippen LogP contribution in [0.25, 0.3) is 0 Å². The highest BCUT2D eigenvalue weighted by atomic mass is 35.5. The van der Waals surface area contributed by atoms with Crippen LogP contribution in [0.2, 0.25) is 5.02 Å². The van der Waals surface area contributed by atoms with E-state index in [0.717, 1.165) is 5.56 Å². The molecule has 0 bridgehead atoms. The van der Waals surface area contributed by atoms with Crippen LogP contribution >= 0.6 is 11.6 Å². The zero-order valence-electron chi connectivity index (χ0n) is 7.99. The molecule has 0 aliphatic carbocycles. The Morgan fingerprint density at radius 2 is 2.00 bits per heavy atom. The maximum atomic E-state index is 13.3. The average molecular weight is 202 g/mol. The van der Waals surface area contributed by atoms with Crippen LogP contribution in [0.4, 0.5) is 10.1 Å². The Kier molecular flexibility index (Phi) is 3.15. The average Bonchev–Trinajstić information content (AvgIpc) is 2.03.